The fourth-order valence-electron chi connectivity index (χ4n) is 2.64. The standard InChI is InChI=1S/C21H21FN4O/c1-14-4-3-5-17(10-14)13-23-20(27)19-11-15(2)25-21(26-19)24-12-16-6-8-18(22)9-7-16/h3-11H,12-13H2,1-2H3,(H,23,27)(H,24,25,26). The predicted octanol–water partition coefficient (Wildman–Crippen LogP) is 3.77. The van der Waals surface area contributed by atoms with Crippen LogP contribution in [0.4, 0.5) is 10.3 Å². The van der Waals surface area contributed by atoms with Crippen molar-refractivity contribution in [2.45, 2.75) is 26.9 Å². The molecule has 27 heavy (non-hydrogen) atoms. The highest BCUT2D eigenvalue weighted by Crippen LogP contribution is 2.09. The average Bonchev–Trinajstić information content (AvgIpc) is 2.65. The third kappa shape index (κ3) is 5.34. The summed E-state index contributed by atoms with van der Waals surface area (Å²) in [6.45, 7) is 4.69. The number of hydrogen-bond acceptors (Lipinski definition) is 4. The van der Waals surface area contributed by atoms with Crippen LogP contribution in [0.15, 0.2) is 54.6 Å². The third-order valence-corrected chi connectivity index (χ3v) is 3.99. The Morgan fingerprint density at radius 2 is 1.74 bits per heavy atom. The largest absolute Gasteiger partial charge is 0.350 e. The van der Waals surface area contributed by atoms with Gasteiger partial charge in [0.05, 0.1) is 0 Å². The third-order valence-electron chi connectivity index (χ3n) is 3.99. The highest BCUT2D eigenvalue weighted by Gasteiger charge is 2.10. The zero-order valence-corrected chi connectivity index (χ0v) is 15.3. The van der Waals surface area contributed by atoms with Gasteiger partial charge in [-0.15, -0.1) is 0 Å². The Labute approximate surface area is 157 Å². The maximum Gasteiger partial charge on any atom is 0.270 e. The molecular formula is C21H21FN4O. The Bertz CT molecular complexity index is 941. The van der Waals surface area contributed by atoms with E-state index in [1.54, 1.807) is 18.2 Å². The molecular weight excluding hydrogens is 343 g/mol. The molecule has 3 rings (SSSR count). The molecule has 0 aliphatic rings. The van der Waals surface area contributed by atoms with Crippen LogP contribution in [0.2, 0.25) is 0 Å². The number of anilines is 1. The summed E-state index contributed by atoms with van der Waals surface area (Å²) >= 11 is 0. The first kappa shape index (κ1) is 18.5. The van der Waals surface area contributed by atoms with Gasteiger partial charge in [0, 0.05) is 18.8 Å². The summed E-state index contributed by atoms with van der Waals surface area (Å²) in [7, 11) is 0. The molecule has 1 amide bonds. The summed E-state index contributed by atoms with van der Waals surface area (Å²) in [5, 5.41) is 5.95. The molecule has 0 bridgehead atoms. The molecule has 0 saturated heterocycles. The highest BCUT2D eigenvalue weighted by molar-refractivity contribution is 5.92. The maximum absolute atomic E-state index is 13.0. The molecule has 0 aliphatic carbocycles. The second kappa shape index (κ2) is 8.40. The molecule has 0 saturated carbocycles. The van der Waals surface area contributed by atoms with Crippen molar-refractivity contribution >= 4 is 11.9 Å². The molecule has 6 heteroatoms. The van der Waals surface area contributed by atoms with Crippen molar-refractivity contribution in [2.75, 3.05) is 5.32 Å². The van der Waals surface area contributed by atoms with E-state index >= 15 is 0 Å². The number of aromatic nitrogens is 2. The summed E-state index contributed by atoms with van der Waals surface area (Å²) in [4.78, 5) is 21.0. The van der Waals surface area contributed by atoms with E-state index in [0.29, 0.717) is 30.4 Å². The van der Waals surface area contributed by atoms with Gasteiger partial charge in [0.2, 0.25) is 5.95 Å². The second-order valence-corrected chi connectivity index (χ2v) is 6.37. The average molecular weight is 364 g/mol. The fourth-order valence-corrected chi connectivity index (χ4v) is 2.64. The van der Waals surface area contributed by atoms with Crippen molar-refractivity contribution in [2.24, 2.45) is 0 Å². The first-order chi connectivity index (χ1) is 13.0. The van der Waals surface area contributed by atoms with Gasteiger partial charge in [-0.2, -0.15) is 0 Å². The molecule has 2 aromatic carbocycles. The van der Waals surface area contributed by atoms with Crippen LogP contribution in [0.3, 0.4) is 0 Å². The van der Waals surface area contributed by atoms with Gasteiger partial charge in [0.25, 0.3) is 5.91 Å². The summed E-state index contributed by atoms with van der Waals surface area (Å²) in [5.74, 6) is -0.176. The molecule has 0 fully saturated rings. The normalized spacial score (nSPS) is 10.5. The molecule has 0 spiro atoms. The van der Waals surface area contributed by atoms with Gasteiger partial charge >= 0.3 is 0 Å². The number of rotatable bonds is 6. The first-order valence-corrected chi connectivity index (χ1v) is 8.67. The quantitative estimate of drug-likeness (QED) is 0.699. The van der Waals surface area contributed by atoms with Crippen molar-refractivity contribution in [3.05, 3.63) is 88.5 Å². The summed E-state index contributed by atoms with van der Waals surface area (Å²) < 4.78 is 13.0. The van der Waals surface area contributed by atoms with Crippen LogP contribution in [0.1, 0.15) is 32.9 Å². The molecule has 1 heterocycles. The molecule has 1 aromatic heterocycles. The van der Waals surface area contributed by atoms with Crippen LogP contribution < -0.4 is 10.6 Å². The van der Waals surface area contributed by atoms with E-state index in [-0.39, 0.29) is 11.7 Å². The molecule has 0 unspecified atom stereocenters. The fraction of sp³-hybridized carbons (Fsp3) is 0.190. The Kier molecular flexibility index (Phi) is 5.76. The van der Waals surface area contributed by atoms with Gasteiger partial charge < -0.3 is 10.6 Å². The maximum atomic E-state index is 13.0. The molecule has 2 N–H and O–H groups in total. The van der Waals surface area contributed by atoms with Crippen LogP contribution in [0.25, 0.3) is 0 Å². The van der Waals surface area contributed by atoms with E-state index in [9.17, 15) is 9.18 Å². The summed E-state index contributed by atoms with van der Waals surface area (Å²) in [6, 6.07) is 15.8. The molecule has 3 aromatic rings. The molecule has 0 atom stereocenters. The predicted molar refractivity (Wildman–Crippen MR) is 103 cm³/mol. The van der Waals surface area contributed by atoms with Crippen LogP contribution in [-0.2, 0) is 13.1 Å². The lowest BCUT2D eigenvalue weighted by molar-refractivity contribution is 0.0945. The van der Waals surface area contributed by atoms with Gasteiger partial charge in [-0.05, 0) is 43.2 Å². The van der Waals surface area contributed by atoms with Gasteiger partial charge in [0.1, 0.15) is 11.5 Å². The number of benzene rings is 2. The number of nitrogens with zero attached hydrogens (tertiary/aromatic N) is 2. The Morgan fingerprint density at radius 3 is 2.48 bits per heavy atom. The number of carbonyl (C=O) groups is 1. The van der Waals surface area contributed by atoms with E-state index in [4.69, 9.17) is 0 Å². The lowest BCUT2D eigenvalue weighted by Gasteiger charge is -2.09. The highest BCUT2D eigenvalue weighted by atomic mass is 19.1. The molecule has 138 valence electrons. The SMILES string of the molecule is Cc1cccc(CNC(=O)c2cc(C)nc(NCc3ccc(F)cc3)n2)c1. The smallest absolute Gasteiger partial charge is 0.270 e. The second-order valence-electron chi connectivity index (χ2n) is 6.37. The summed E-state index contributed by atoms with van der Waals surface area (Å²) in [6.07, 6.45) is 0. The molecule has 0 aliphatic heterocycles. The van der Waals surface area contributed by atoms with E-state index in [2.05, 4.69) is 20.6 Å². The number of hydrogen-bond donors (Lipinski definition) is 2. The van der Waals surface area contributed by atoms with Crippen molar-refractivity contribution in [1.82, 2.24) is 15.3 Å². The number of aryl methyl sites for hydroxylation is 2. The van der Waals surface area contributed by atoms with E-state index in [0.717, 1.165) is 16.7 Å². The van der Waals surface area contributed by atoms with Crippen molar-refractivity contribution < 1.29 is 9.18 Å². The lowest BCUT2D eigenvalue weighted by atomic mass is 10.1. The number of carbonyl (C=O) groups excluding carboxylic acids is 1. The lowest BCUT2D eigenvalue weighted by Crippen LogP contribution is -2.24. The minimum Gasteiger partial charge on any atom is -0.350 e. The van der Waals surface area contributed by atoms with Crippen molar-refractivity contribution in [3.8, 4) is 0 Å². The zero-order chi connectivity index (χ0) is 19.2. The number of amides is 1. The van der Waals surface area contributed by atoms with Gasteiger partial charge in [-0.1, -0.05) is 42.0 Å². The van der Waals surface area contributed by atoms with Gasteiger partial charge in [0.15, 0.2) is 0 Å². The van der Waals surface area contributed by atoms with Gasteiger partial charge in [-0.25, -0.2) is 14.4 Å². The van der Waals surface area contributed by atoms with Gasteiger partial charge in [-0.3, -0.25) is 4.79 Å². The van der Waals surface area contributed by atoms with E-state index < -0.39 is 0 Å². The zero-order valence-electron chi connectivity index (χ0n) is 15.3. The molecule has 5 nitrogen and oxygen atoms in total. The first-order valence-electron chi connectivity index (χ1n) is 8.67. The Hall–Kier alpha value is -3.28. The van der Waals surface area contributed by atoms with Crippen LogP contribution in [0, 0.1) is 19.7 Å². The minimum absolute atomic E-state index is 0.258. The Morgan fingerprint density at radius 1 is 0.963 bits per heavy atom. The van der Waals surface area contributed by atoms with E-state index in [1.807, 2.05) is 38.1 Å². The monoisotopic (exact) mass is 364 g/mol. The number of nitrogens with one attached hydrogen (secondary N) is 2. The molecule has 0 radical (unpaired) electrons. The van der Waals surface area contributed by atoms with Crippen molar-refractivity contribution in [3.63, 3.8) is 0 Å². The van der Waals surface area contributed by atoms with Crippen molar-refractivity contribution in [1.29, 1.82) is 0 Å². The Balaban J connectivity index is 1.64. The van der Waals surface area contributed by atoms with Crippen LogP contribution >= 0.6 is 0 Å². The van der Waals surface area contributed by atoms with Crippen LogP contribution in [0.5, 0.6) is 0 Å². The summed E-state index contributed by atoms with van der Waals surface area (Å²) in [5.41, 5.74) is 4.06. The topological polar surface area (TPSA) is 66.9 Å². The van der Waals surface area contributed by atoms with E-state index in [1.165, 1.54) is 12.1 Å². The minimum atomic E-state index is -0.280. The van der Waals surface area contributed by atoms with Crippen LogP contribution in [-0.4, -0.2) is 15.9 Å². The number of halogens is 1.